The van der Waals surface area contributed by atoms with Gasteiger partial charge < -0.3 is 0 Å². The number of amides is 1. The van der Waals surface area contributed by atoms with Gasteiger partial charge in [0, 0.05) is 24.5 Å². The topological polar surface area (TPSA) is 92.3 Å². The minimum atomic E-state index is -3.49. The molecule has 1 N–H and O–H groups in total. The zero-order valence-electron chi connectivity index (χ0n) is 17.5. The van der Waals surface area contributed by atoms with Crippen LogP contribution in [0.15, 0.2) is 46.5 Å². The lowest BCUT2D eigenvalue weighted by molar-refractivity contribution is 0.102. The fourth-order valence-corrected chi connectivity index (χ4v) is 8.00. The molecule has 2 fully saturated rings. The molecule has 5 rings (SSSR count). The number of carbonyl (C=O) groups excluding carboxylic acids is 1. The van der Waals surface area contributed by atoms with Crippen molar-refractivity contribution in [1.29, 1.82) is 0 Å². The molecule has 1 saturated carbocycles. The minimum absolute atomic E-state index is 0.248. The van der Waals surface area contributed by atoms with Crippen molar-refractivity contribution >= 4 is 54.4 Å². The van der Waals surface area contributed by atoms with E-state index in [1.807, 2.05) is 0 Å². The Morgan fingerprint density at radius 1 is 1.12 bits per heavy atom. The number of carbonyl (C=O) groups is 1. The number of anilines is 1. The van der Waals surface area contributed by atoms with Crippen molar-refractivity contribution in [2.45, 2.75) is 53.7 Å². The molecular formula is C22H24N4O3S3. The third-order valence-corrected chi connectivity index (χ3v) is 10.1. The average molecular weight is 489 g/mol. The van der Waals surface area contributed by atoms with E-state index in [1.165, 1.54) is 28.5 Å². The lowest BCUT2D eigenvalue weighted by Crippen LogP contribution is -2.27. The standard InChI is InChI=1S/C22H24N4O3S3/c27-20(17-8-5-11-23-21(17)30-15-6-1-2-7-15)25-22-24-18-10-9-16(14-19(18)31-22)32(28,29)26-12-3-4-13-26/h5,8-11,14-15H,1-4,6-7,12-13H2,(H,24,25,27). The predicted octanol–water partition coefficient (Wildman–Crippen LogP) is 4.76. The molecule has 1 aliphatic heterocycles. The third-order valence-electron chi connectivity index (χ3n) is 5.88. The van der Waals surface area contributed by atoms with Crippen molar-refractivity contribution in [1.82, 2.24) is 14.3 Å². The zero-order chi connectivity index (χ0) is 22.1. The summed E-state index contributed by atoms with van der Waals surface area (Å²) in [5.41, 5.74) is 1.21. The van der Waals surface area contributed by atoms with E-state index in [0.29, 0.717) is 34.6 Å². The summed E-state index contributed by atoms with van der Waals surface area (Å²) in [6.07, 6.45) is 8.28. The number of hydrogen-bond donors (Lipinski definition) is 1. The molecule has 2 aliphatic rings. The van der Waals surface area contributed by atoms with Crippen LogP contribution < -0.4 is 5.32 Å². The van der Waals surface area contributed by atoms with Crippen LogP contribution in [-0.2, 0) is 10.0 Å². The molecule has 0 bridgehead atoms. The first kappa shape index (κ1) is 21.8. The van der Waals surface area contributed by atoms with E-state index in [1.54, 1.807) is 48.3 Å². The van der Waals surface area contributed by atoms with Gasteiger partial charge in [-0.15, -0.1) is 11.8 Å². The summed E-state index contributed by atoms with van der Waals surface area (Å²) in [6, 6.07) is 8.51. The van der Waals surface area contributed by atoms with E-state index in [2.05, 4.69) is 15.3 Å². The van der Waals surface area contributed by atoms with Crippen LogP contribution in [0.2, 0.25) is 0 Å². The molecule has 0 radical (unpaired) electrons. The maximum Gasteiger partial charge on any atom is 0.260 e. The smallest absolute Gasteiger partial charge is 0.260 e. The number of hydrogen-bond acceptors (Lipinski definition) is 7. The first-order valence-electron chi connectivity index (χ1n) is 10.8. The molecule has 1 saturated heterocycles. The molecule has 10 heteroatoms. The van der Waals surface area contributed by atoms with E-state index in [-0.39, 0.29) is 10.8 Å². The summed E-state index contributed by atoms with van der Waals surface area (Å²) in [5, 5.41) is 4.58. The summed E-state index contributed by atoms with van der Waals surface area (Å²) in [5.74, 6) is -0.248. The van der Waals surface area contributed by atoms with Crippen molar-refractivity contribution in [2.75, 3.05) is 18.4 Å². The van der Waals surface area contributed by atoms with Crippen LogP contribution in [0.25, 0.3) is 10.2 Å². The molecule has 2 aromatic heterocycles. The van der Waals surface area contributed by atoms with Crippen molar-refractivity contribution < 1.29 is 13.2 Å². The number of nitrogens with zero attached hydrogens (tertiary/aromatic N) is 3. The van der Waals surface area contributed by atoms with Crippen LogP contribution in [0.3, 0.4) is 0 Å². The Hall–Kier alpha value is -2.01. The Balaban J connectivity index is 1.36. The molecule has 7 nitrogen and oxygen atoms in total. The van der Waals surface area contributed by atoms with Gasteiger partial charge in [0.15, 0.2) is 5.13 Å². The van der Waals surface area contributed by atoms with E-state index in [4.69, 9.17) is 0 Å². The molecule has 1 amide bonds. The van der Waals surface area contributed by atoms with Crippen LogP contribution in [0.4, 0.5) is 5.13 Å². The summed E-state index contributed by atoms with van der Waals surface area (Å²) in [6.45, 7) is 1.13. The Labute approximate surface area is 195 Å². The Morgan fingerprint density at radius 2 is 1.91 bits per heavy atom. The highest BCUT2D eigenvalue weighted by atomic mass is 32.2. The summed E-state index contributed by atoms with van der Waals surface area (Å²) in [4.78, 5) is 22.2. The number of aromatic nitrogens is 2. The van der Waals surface area contributed by atoms with Crippen molar-refractivity contribution in [2.24, 2.45) is 0 Å². The van der Waals surface area contributed by atoms with Crippen LogP contribution in [0, 0.1) is 0 Å². The number of benzene rings is 1. The number of fused-ring (bicyclic) bond motifs is 1. The molecule has 168 valence electrons. The van der Waals surface area contributed by atoms with Crippen LogP contribution >= 0.6 is 23.1 Å². The highest BCUT2D eigenvalue weighted by Gasteiger charge is 2.27. The van der Waals surface area contributed by atoms with Gasteiger partial charge in [0.1, 0.15) is 5.03 Å². The van der Waals surface area contributed by atoms with Gasteiger partial charge in [-0.25, -0.2) is 18.4 Å². The van der Waals surface area contributed by atoms with Crippen LogP contribution in [-0.4, -0.2) is 46.9 Å². The molecule has 0 unspecified atom stereocenters. The van der Waals surface area contributed by atoms with E-state index < -0.39 is 10.0 Å². The highest BCUT2D eigenvalue weighted by molar-refractivity contribution is 8.00. The number of rotatable bonds is 6. The van der Waals surface area contributed by atoms with Gasteiger partial charge in [0.2, 0.25) is 10.0 Å². The first-order chi connectivity index (χ1) is 15.5. The summed E-state index contributed by atoms with van der Waals surface area (Å²) in [7, 11) is -3.49. The maximum absolute atomic E-state index is 13.0. The lowest BCUT2D eigenvalue weighted by atomic mass is 10.3. The molecule has 3 aromatic rings. The monoisotopic (exact) mass is 488 g/mol. The fraction of sp³-hybridized carbons (Fsp3) is 0.409. The maximum atomic E-state index is 13.0. The Kier molecular flexibility index (Phi) is 6.20. The van der Waals surface area contributed by atoms with Gasteiger partial charge in [-0.2, -0.15) is 4.31 Å². The molecule has 32 heavy (non-hydrogen) atoms. The molecule has 3 heterocycles. The van der Waals surface area contributed by atoms with Crippen molar-refractivity contribution in [3.8, 4) is 0 Å². The number of thioether (sulfide) groups is 1. The molecule has 0 spiro atoms. The number of thiazole rings is 1. The SMILES string of the molecule is O=C(Nc1nc2ccc(S(=O)(=O)N3CCCC3)cc2s1)c1cccnc1SC1CCCC1. The van der Waals surface area contributed by atoms with Gasteiger partial charge >= 0.3 is 0 Å². The van der Waals surface area contributed by atoms with Crippen LogP contribution in [0.5, 0.6) is 0 Å². The fourth-order valence-electron chi connectivity index (χ4n) is 4.18. The molecule has 0 atom stereocenters. The average Bonchev–Trinajstić information content (AvgIpc) is 3.55. The zero-order valence-corrected chi connectivity index (χ0v) is 19.9. The second kappa shape index (κ2) is 9.09. The summed E-state index contributed by atoms with van der Waals surface area (Å²) >= 11 is 2.96. The Morgan fingerprint density at radius 3 is 2.69 bits per heavy atom. The highest BCUT2D eigenvalue weighted by Crippen LogP contribution is 2.36. The second-order valence-corrected chi connectivity index (χ2v) is 12.4. The molecule has 1 aromatic carbocycles. The first-order valence-corrected chi connectivity index (χ1v) is 14.0. The van der Waals surface area contributed by atoms with Crippen LogP contribution in [0.1, 0.15) is 48.9 Å². The largest absolute Gasteiger partial charge is 0.298 e. The van der Waals surface area contributed by atoms with Gasteiger partial charge in [-0.3, -0.25) is 10.1 Å². The van der Waals surface area contributed by atoms with Gasteiger partial charge in [0.05, 0.1) is 20.7 Å². The normalized spacial score (nSPS) is 17.9. The van der Waals surface area contributed by atoms with Crippen molar-refractivity contribution in [3.05, 3.63) is 42.1 Å². The van der Waals surface area contributed by atoms with Gasteiger partial charge in [0.25, 0.3) is 5.91 Å². The number of pyridine rings is 1. The van der Waals surface area contributed by atoms with Gasteiger partial charge in [-0.05, 0) is 56.0 Å². The summed E-state index contributed by atoms with van der Waals surface area (Å²) < 4.78 is 28.0. The van der Waals surface area contributed by atoms with E-state index >= 15 is 0 Å². The number of nitrogens with one attached hydrogen (secondary N) is 1. The predicted molar refractivity (Wildman–Crippen MR) is 128 cm³/mol. The molecule has 1 aliphatic carbocycles. The third kappa shape index (κ3) is 4.41. The second-order valence-electron chi connectivity index (χ2n) is 8.09. The van der Waals surface area contributed by atoms with Crippen molar-refractivity contribution in [3.63, 3.8) is 0 Å². The lowest BCUT2D eigenvalue weighted by Gasteiger charge is -2.15. The minimum Gasteiger partial charge on any atom is -0.298 e. The Bertz CT molecular complexity index is 1250. The van der Waals surface area contributed by atoms with E-state index in [9.17, 15) is 13.2 Å². The molecular weight excluding hydrogens is 464 g/mol. The van der Waals surface area contributed by atoms with Gasteiger partial charge in [-0.1, -0.05) is 24.2 Å². The quantitative estimate of drug-likeness (QED) is 0.538. The van der Waals surface area contributed by atoms with E-state index in [0.717, 1.165) is 35.4 Å². The number of sulfonamides is 1.